The second-order valence-corrected chi connectivity index (χ2v) is 4.16. The maximum absolute atomic E-state index is 8.21. The molecule has 5 heteroatoms. The molecule has 78 valence electrons. The van der Waals surface area contributed by atoms with Crippen molar-refractivity contribution in [2.45, 2.75) is 25.4 Å². The number of azide groups is 1. The molecule has 0 aromatic rings. The lowest BCUT2D eigenvalue weighted by atomic mass is 9.78. The van der Waals surface area contributed by atoms with Crippen LogP contribution >= 0.6 is 0 Å². The Kier molecular flexibility index (Phi) is 2.91. The molecule has 2 aliphatic rings. The Morgan fingerprint density at radius 1 is 1.43 bits per heavy atom. The summed E-state index contributed by atoms with van der Waals surface area (Å²) in [6.07, 6.45) is 3.32. The van der Waals surface area contributed by atoms with Gasteiger partial charge < -0.3 is 9.47 Å². The molecule has 2 aliphatic heterocycles. The van der Waals surface area contributed by atoms with Gasteiger partial charge in [0.05, 0.1) is 19.3 Å². The first-order valence-electron chi connectivity index (χ1n) is 5.05. The van der Waals surface area contributed by atoms with E-state index in [2.05, 4.69) is 10.0 Å². The Labute approximate surface area is 83.0 Å². The fraction of sp³-hybridized carbons (Fsp3) is 1.00. The topological polar surface area (TPSA) is 67.2 Å². The third-order valence-electron chi connectivity index (χ3n) is 3.19. The highest BCUT2D eigenvalue weighted by Crippen LogP contribution is 2.41. The van der Waals surface area contributed by atoms with Crippen LogP contribution in [0.3, 0.4) is 0 Å². The van der Waals surface area contributed by atoms with E-state index in [0.29, 0.717) is 12.0 Å². The number of ether oxygens (including phenoxy) is 2. The summed E-state index contributed by atoms with van der Waals surface area (Å²) in [6.45, 7) is 2.97. The predicted octanol–water partition coefficient (Wildman–Crippen LogP) is 1.88. The van der Waals surface area contributed by atoms with Crippen LogP contribution in [0.4, 0.5) is 0 Å². The van der Waals surface area contributed by atoms with Crippen molar-refractivity contribution in [2.75, 3.05) is 26.4 Å². The smallest absolute Gasteiger partial charge is 0.0637 e. The first-order valence-corrected chi connectivity index (χ1v) is 5.05. The Morgan fingerprint density at radius 3 is 2.93 bits per heavy atom. The van der Waals surface area contributed by atoms with Gasteiger partial charge in [-0.05, 0) is 24.8 Å². The Morgan fingerprint density at radius 2 is 2.21 bits per heavy atom. The largest absolute Gasteiger partial charge is 0.381 e. The normalized spacial score (nSPS) is 30.1. The van der Waals surface area contributed by atoms with Crippen LogP contribution in [0, 0.1) is 5.41 Å². The Balaban J connectivity index is 1.88. The number of nitrogens with zero attached hydrogens (tertiary/aromatic N) is 3. The summed E-state index contributed by atoms with van der Waals surface area (Å²) < 4.78 is 11.0. The van der Waals surface area contributed by atoms with Crippen LogP contribution in [0.1, 0.15) is 19.3 Å². The third-order valence-corrected chi connectivity index (χ3v) is 3.19. The molecule has 0 aromatic heterocycles. The summed E-state index contributed by atoms with van der Waals surface area (Å²) in [7, 11) is 0. The van der Waals surface area contributed by atoms with Crippen LogP contribution in [-0.2, 0) is 9.47 Å². The fourth-order valence-electron chi connectivity index (χ4n) is 2.29. The summed E-state index contributed by atoms with van der Waals surface area (Å²) in [5.74, 6) is 0. The van der Waals surface area contributed by atoms with E-state index >= 15 is 0 Å². The highest BCUT2D eigenvalue weighted by atomic mass is 16.5. The van der Waals surface area contributed by atoms with E-state index in [1.165, 1.54) is 0 Å². The molecule has 0 amide bonds. The van der Waals surface area contributed by atoms with Gasteiger partial charge in [-0.1, -0.05) is 5.11 Å². The SMILES string of the molecule is [N-]=[N+]=NC[C@@H]1CC2(CCOCC2)CO1. The second kappa shape index (κ2) is 4.17. The summed E-state index contributed by atoms with van der Waals surface area (Å²) in [5, 5.41) is 3.56. The van der Waals surface area contributed by atoms with Crippen molar-refractivity contribution in [3.8, 4) is 0 Å². The minimum absolute atomic E-state index is 0.129. The molecule has 0 unspecified atom stereocenters. The van der Waals surface area contributed by atoms with E-state index in [1.54, 1.807) is 0 Å². The molecule has 1 spiro atoms. The summed E-state index contributed by atoms with van der Waals surface area (Å²) in [4.78, 5) is 2.75. The lowest BCUT2D eigenvalue weighted by molar-refractivity contribution is 0.00722. The number of hydrogen-bond donors (Lipinski definition) is 0. The van der Waals surface area contributed by atoms with E-state index < -0.39 is 0 Å². The first kappa shape index (κ1) is 9.77. The minimum Gasteiger partial charge on any atom is -0.381 e. The average Bonchev–Trinajstić information content (AvgIpc) is 2.60. The molecule has 2 saturated heterocycles. The van der Waals surface area contributed by atoms with E-state index in [4.69, 9.17) is 15.0 Å². The molecule has 2 heterocycles. The van der Waals surface area contributed by atoms with Crippen molar-refractivity contribution < 1.29 is 9.47 Å². The van der Waals surface area contributed by atoms with E-state index in [0.717, 1.165) is 39.1 Å². The maximum atomic E-state index is 8.21. The summed E-state index contributed by atoms with van der Waals surface area (Å²) >= 11 is 0. The van der Waals surface area contributed by atoms with Crippen molar-refractivity contribution in [1.82, 2.24) is 0 Å². The van der Waals surface area contributed by atoms with Crippen LogP contribution < -0.4 is 0 Å². The van der Waals surface area contributed by atoms with E-state index in [1.807, 2.05) is 0 Å². The van der Waals surface area contributed by atoms with E-state index in [9.17, 15) is 0 Å². The van der Waals surface area contributed by atoms with Crippen LogP contribution in [0.5, 0.6) is 0 Å². The molecular weight excluding hydrogens is 182 g/mol. The quantitative estimate of drug-likeness (QED) is 0.385. The molecule has 2 fully saturated rings. The van der Waals surface area contributed by atoms with Crippen LogP contribution in [0.25, 0.3) is 10.4 Å². The van der Waals surface area contributed by atoms with Gasteiger partial charge in [0.1, 0.15) is 0 Å². The van der Waals surface area contributed by atoms with Gasteiger partial charge in [-0.2, -0.15) is 0 Å². The minimum atomic E-state index is 0.129. The fourth-order valence-corrected chi connectivity index (χ4v) is 2.29. The molecule has 14 heavy (non-hydrogen) atoms. The molecule has 0 N–H and O–H groups in total. The number of hydrogen-bond acceptors (Lipinski definition) is 3. The first-order chi connectivity index (χ1) is 6.85. The van der Waals surface area contributed by atoms with Gasteiger partial charge >= 0.3 is 0 Å². The molecule has 0 radical (unpaired) electrons. The zero-order valence-corrected chi connectivity index (χ0v) is 8.19. The van der Waals surface area contributed by atoms with Crippen molar-refractivity contribution in [3.63, 3.8) is 0 Å². The number of rotatable bonds is 2. The average molecular weight is 197 g/mol. The van der Waals surface area contributed by atoms with Crippen LogP contribution in [0.2, 0.25) is 0 Å². The van der Waals surface area contributed by atoms with Gasteiger partial charge in [-0.25, -0.2) is 0 Å². The van der Waals surface area contributed by atoms with Crippen molar-refractivity contribution in [3.05, 3.63) is 10.4 Å². The summed E-state index contributed by atoms with van der Waals surface area (Å²) in [6, 6.07) is 0. The van der Waals surface area contributed by atoms with Gasteiger partial charge in [0, 0.05) is 23.5 Å². The third kappa shape index (κ3) is 2.00. The van der Waals surface area contributed by atoms with Crippen LogP contribution in [0.15, 0.2) is 5.11 Å². The van der Waals surface area contributed by atoms with Crippen molar-refractivity contribution in [2.24, 2.45) is 10.5 Å². The lowest BCUT2D eigenvalue weighted by Crippen LogP contribution is -2.30. The highest BCUT2D eigenvalue weighted by Gasteiger charge is 2.40. The molecule has 0 aliphatic carbocycles. The zero-order chi connectivity index (χ0) is 9.86. The lowest BCUT2D eigenvalue weighted by Gasteiger charge is -2.31. The predicted molar refractivity (Wildman–Crippen MR) is 50.9 cm³/mol. The summed E-state index contributed by atoms with van der Waals surface area (Å²) in [5.41, 5.74) is 8.52. The van der Waals surface area contributed by atoms with Gasteiger partial charge in [-0.3, -0.25) is 0 Å². The van der Waals surface area contributed by atoms with Crippen LogP contribution in [-0.4, -0.2) is 32.5 Å². The van der Waals surface area contributed by atoms with Crippen molar-refractivity contribution in [1.29, 1.82) is 0 Å². The Bertz CT molecular complexity index is 244. The maximum Gasteiger partial charge on any atom is 0.0637 e. The molecule has 0 saturated carbocycles. The van der Waals surface area contributed by atoms with Gasteiger partial charge in [-0.15, -0.1) is 0 Å². The standard InChI is InChI=1S/C9H15N3O2/c10-12-11-6-8-5-9(7-14-8)1-3-13-4-2-9/h8H,1-7H2/t8-/m0/s1. The monoisotopic (exact) mass is 197 g/mol. The molecular formula is C9H15N3O2. The van der Waals surface area contributed by atoms with Gasteiger partial charge in [0.25, 0.3) is 0 Å². The zero-order valence-electron chi connectivity index (χ0n) is 8.19. The van der Waals surface area contributed by atoms with E-state index in [-0.39, 0.29) is 6.10 Å². The molecule has 1 atom stereocenters. The Hall–Kier alpha value is -0.770. The molecule has 0 bridgehead atoms. The second-order valence-electron chi connectivity index (χ2n) is 4.16. The van der Waals surface area contributed by atoms with Gasteiger partial charge in [0.2, 0.25) is 0 Å². The molecule has 0 aromatic carbocycles. The highest BCUT2D eigenvalue weighted by molar-refractivity contribution is 4.90. The molecule has 2 rings (SSSR count). The van der Waals surface area contributed by atoms with Crippen molar-refractivity contribution >= 4 is 0 Å². The molecule has 5 nitrogen and oxygen atoms in total. The van der Waals surface area contributed by atoms with Gasteiger partial charge in [0.15, 0.2) is 0 Å².